The summed E-state index contributed by atoms with van der Waals surface area (Å²) in [6, 6.07) is 14.1. The highest BCUT2D eigenvalue weighted by Crippen LogP contribution is 2.37. The molecule has 2 aromatic carbocycles. The molecule has 2 rings (SSSR count). The molecule has 0 N–H and O–H groups in total. The van der Waals surface area contributed by atoms with E-state index in [1.165, 1.54) is 28.5 Å². The van der Waals surface area contributed by atoms with Crippen molar-refractivity contribution in [1.29, 1.82) is 0 Å². The lowest BCUT2D eigenvalue weighted by molar-refractivity contribution is -0.150. The summed E-state index contributed by atoms with van der Waals surface area (Å²) in [5.41, 5.74) is 4.81. The van der Waals surface area contributed by atoms with E-state index in [0.29, 0.717) is 17.8 Å². The van der Waals surface area contributed by atoms with Crippen LogP contribution < -0.4 is 0 Å². The average Bonchev–Trinajstić information content (AvgIpc) is 2.76. The third-order valence-corrected chi connectivity index (χ3v) is 7.22. The molecule has 0 bridgehead atoms. The van der Waals surface area contributed by atoms with Crippen molar-refractivity contribution < 1.29 is 14.3 Å². The number of esters is 1. The summed E-state index contributed by atoms with van der Waals surface area (Å²) in [6.45, 7) is 16.7. The average molecular weight is 455 g/mol. The molecule has 0 fully saturated rings. The molecule has 0 saturated heterocycles. The van der Waals surface area contributed by atoms with Gasteiger partial charge in [-0.15, -0.1) is 0 Å². The Bertz CT molecular complexity index is 902. The Kier molecular flexibility index (Phi) is 9.15. The van der Waals surface area contributed by atoms with Gasteiger partial charge >= 0.3 is 5.97 Å². The Morgan fingerprint density at radius 1 is 0.906 bits per heavy atom. The van der Waals surface area contributed by atoms with Gasteiger partial charge in [-0.05, 0) is 59.1 Å². The van der Waals surface area contributed by atoms with E-state index >= 15 is 0 Å². The van der Waals surface area contributed by atoms with Crippen molar-refractivity contribution in [3.63, 3.8) is 0 Å². The van der Waals surface area contributed by atoms with Crippen molar-refractivity contribution in [2.75, 3.05) is 0 Å². The molecular weight excluding hydrogens is 416 g/mol. The predicted octanol–water partition coefficient (Wildman–Crippen LogP) is 7.63. The molecule has 0 saturated carbocycles. The minimum atomic E-state index is -1.27. The summed E-state index contributed by atoms with van der Waals surface area (Å²) in [4.78, 5) is 27.0. The second kappa shape index (κ2) is 11.2. The van der Waals surface area contributed by atoms with E-state index in [1.807, 2.05) is 30.3 Å². The van der Waals surface area contributed by atoms with Crippen LogP contribution in [0.1, 0.15) is 102 Å². The van der Waals surface area contributed by atoms with E-state index in [1.54, 1.807) is 13.8 Å². The molecule has 0 radical (unpaired) electrons. The van der Waals surface area contributed by atoms with Gasteiger partial charge in [0.15, 0.2) is 10.5 Å². The Morgan fingerprint density at radius 2 is 1.44 bits per heavy atom. The fourth-order valence-corrected chi connectivity index (χ4v) is 4.99. The third kappa shape index (κ3) is 6.04. The van der Waals surface area contributed by atoms with Crippen LogP contribution in [0.3, 0.4) is 0 Å². The molecule has 0 heterocycles. The molecule has 174 valence electrons. The summed E-state index contributed by atoms with van der Waals surface area (Å²) >= 11 is 1.27. The van der Waals surface area contributed by atoms with Crippen molar-refractivity contribution in [2.45, 2.75) is 95.8 Å². The van der Waals surface area contributed by atoms with Crippen molar-refractivity contribution in [3.05, 3.63) is 64.7 Å². The molecule has 1 atom stereocenters. The maximum absolute atomic E-state index is 13.3. The fraction of sp³-hybridized carbons (Fsp3) is 0.500. The second-order valence-corrected chi connectivity index (χ2v) is 10.9. The quantitative estimate of drug-likeness (QED) is 0.210. The number of carbonyl (C=O) groups excluding carboxylic acids is 2. The highest BCUT2D eigenvalue weighted by molar-refractivity contribution is 8.02. The summed E-state index contributed by atoms with van der Waals surface area (Å²) < 4.78 is 4.62. The molecular formula is C28H38O3S. The molecule has 0 aliphatic carbocycles. The van der Waals surface area contributed by atoms with E-state index in [-0.39, 0.29) is 18.8 Å². The van der Waals surface area contributed by atoms with Crippen LogP contribution in [-0.4, -0.2) is 16.5 Å². The first-order valence-corrected chi connectivity index (χ1v) is 12.4. The van der Waals surface area contributed by atoms with Gasteiger partial charge in [-0.3, -0.25) is 9.59 Å². The van der Waals surface area contributed by atoms with Crippen molar-refractivity contribution in [2.24, 2.45) is 0 Å². The van der Waals surface area contributed by atoms with Crippen molar-refractivity contribution >= 4 is 23.5 Å². The highest BCUT2D eigenvalue weighted by Gasteiger charge is 2.42. The number of Topliss-reactive ketones (excluding diaryl/α,β-unsaturated/α-hetero) is 1. The Morgan fingerprint density at radius 3 is 1.88 bits per heavy atom. The molecule has 2 aromatic rings. The lowest BCUT2D eigenvalue weighted by Gasteiger charge is -2.27. The molecule has 0 unspecified atom stereocenters. The van der Waals surface area contributed by atoms with Crippen LogP contribution in [0.25, 0.3) is 0 Å². The largest absolute Gasteiger partial charge is 0.459 e. The fourth-order valence-electron chi connectivity index (χ4n) is 3.82. The normalized spacial score (nSPS) is 13.5. The number of hydrogen-bond donors (Lipinski definition) is 0. The number of ketones is 1. The zero-order chi connectivity index (χ0) is 24.1. The summed E-state index contributed by atoms with van der Waals surface area (Å²) in [6.07, 6.45) is 0.281. The molecule has 0 amide bonds. The van der Waals surface area contributed by atoms with Crippen LogP contribution in [0, 0.1) is 0 Å². The van der Waals surface area contributed by atoms with Crippen molar-refractivity contribution in [1.82, 2.24) is 0 Å². The maximum atomic E-state index is 13.3. The van der Waals surface area contributed by atoms with Gasteiger partial charge in [-0.2, -0.15) is 0 Å². The SMILES string of the molecule is CCC(=O)[C@](C)(Sc1ccccc1)C(=O)OCc1c(C(C)C)cc(C(C)C)cc1C(C)C. The first-order chi connectivity index (χ1) is 15.0. The number of benzene rings is 2. The predicted molar refractivity (Wildman–Crippen MR) is 135 cm³/mol. The smallest absolute Gasteiger partial charge is 0.330 e. The summed E-state index contributed by atoms with van der Waals surface area (Å²) in [7, 11) is 0. The molecule has 4 heteroatoms. The molecule has 0 aliphatic heterocycles. The van der Waals surface area contributed by atoms with Gasteiger partial charge in [0.05, 0.1) is 0 Å². The molecule has 3 nitrogen and oxygen atoms in total. The zero-order valence-electron chi connectivity index (χ0n) is 20.8. The van der Waals surface area contributed by atoms with E-state index < -0.39 is 10.7 Å². The monoisotopic (exact) mass is 454 g/mol. The molecule has 0 aliphatic rings. The van der Waals surface area contributed by atoms with Gasteiger partial charge in [0, 0.05) is 11.3 Å². The molecule has 32 heavy (non-hydrogen) atoms. The van der Waals surface area contributed by atoms with Gasteiger partial charge in [-0.25, -0.2) is 0 Å². The Labute approximate surface area is 198 Å². The van der Waals surface area contributed by atoms with Crippen LogP contribution in [0.4, 0.5) is 0 Å². The van der Waals surface area contributed by atoms with E-state index in [0.717, 1.165) is 10.5 Å². The molecule has 0 aromatic heterocycles. The van der Waals surface area contributed by atoms with Crippen LogP contribution in [0.5, 0.6) is 0 Å². The number of thioether (sulfide) groups is 1. The minimum Gasteiger partial charge on any atom is -0.459 e. The van der Waals surface area contributed by atoms with Crippen LogP contribution >= 0.6 is 11.8 Å². The lowest BCUT2D eigenvalue weighted by Crippen LogP contribution is -2.41. The standard InChI is InChI=1S/C28H38O3S/c1-9-26(29)28(8,32-22-13-11-10-12-14-22)27(30)31-17-25-23(19(4)5)15-21(18(2)3)16-24(25)20(6)7/h10-16,18-20H,9,17H2,1-8H3/t28-/m0/s1. The van der Waals surface area contributed by atoms with Crippen LogP contribution in [0.2, 0.25) is 0 Å². The Hall–Kier alpha value is -2.07. The Balaban J connectivity index is 2.39. The van der Waals surface area contributed by atoms with Crippen LogP contribution in [-0.2, 0) is 20.9 Å². The van der Waals surface area contributed by atoms with Gasteiger partial charge in [-0.1, -0.05) is 90.6 Å². The second-order valence-electron chi connectivity index (χ2n) is 9.44. The number of rotatable bonds is 10. The lowest BCUT2D eigenvalue weighted by atomic mass is 9.85. The third-order valence-electron chi connectivity index (χ3n) is 5.91. The van der Waals surface area contributed by atoms with Gasteiger partial charge < -0.3 is 4.74 Å². The van der Waals surface area contributed by atoms with Gasteiger partial charge in [0.25, 0.3) is 0 Å². The highest BCUT2D eigenvalue weighted by atomic mass is 32.2. The summed E-state index contributed by atoms with van der Waals surface area (Å²) in [5, 5.41) is 0. The first kappa shape index (κ1) is 26.2. The zero-order valence-corrected chi connectivity index (χ0v) is 21.6. The number of carbonyl (C=O) groups is 2. The van der Waals surface area contributed by atoms with E-state index in [2.05, 4.69) is 53.7 Å². The number of hydrogen-bond acceptors (Lipinski definition) is 4. The first-order valence-electron chi connectivity index (χ1n) is 11.6. The van der Waals surface area contributed by atoms with E-state index in [4.69, 9.17) is 4.74 Å². The van der Waals surface area contributed by atoms with Gasteiger partial charge in [0.1, 0.15) is 6.61 Å². The maximum Gasteiger partial charge on any atom is 0.330 e. The number of ether oxygens (including phenoxy) is 1. The topological polar surface area (TPSA) is 43.4 Å². The van der Waals surface area contributed by atoms with Crippen LogP contribution in [0.15, 0.2) is 47.4 Å². The molecule has 0 spiro atoms. The van der Waals surface area contributed by atoms with Crippen molar-refractivity contribution in [3.8, 4) is 0 Å². The summed E-state index contributed by atoms with van der Waals surface area (Å²) in [5.74, 6) is 0.439. The minimum absolute atomic E-state index is 0.125. The van der Waals surface area contributed by atoms with E-state index in [9.17, 15) is 9.59 Å². The van der Waals surface area contributed by atoms with Gasteiger partial charge in [0.2, 0.25) is 0 Å².